The average molecular weight is 338 g/mol. The van der Waals surface area contributed by atoms with Crippen molar-refractivity contribution in [1.29, 1.82) is 0 Å². The van der Waals surface area contributed by atoms with Gasteiger partial charge in [0.2, 0.25) is 5.91 Å². The summed E-state index contributed by atoms with van der Waals surface area (Å²) in [5.41, 5.74) is 3.71. The molecule has 0 saturated carbocycles. The predicted molar refractivity (Wildman–Crippen MR) is 99.2 cm³/mol. The molecule has 1 N–H and O–H groups in total. The number of aryl methyl sites for hydroxylation is 2. The molecule has 0 spiro atoms. The number of allylic oxidation sites excluding steroid dienone is 1. The second-order valence-electron chi connectivity index (χ2n) is 6.69. The summed E-state index contributed by atoms with van der Waals surface area (Å²) >= 11 is 0. The maximum absolute atomic E-state index is 12.0. The van der Waals surface area contributed by atoms with Gasteiger partial charge in [0.05, 0.1) is 6.20 Å². The maximum Gasteiger partial charge on any atom is 0.220 e. The number of nitrogens with one attached hydrogen (secondary N) is 1. The lowest BCUT2D eigenvalue weighted by Gasteiger charge is -2.12. The number of amides is 1. The Morgan fingerprint density at radius 3 is 2.80 bits per heavy atom. The number of rotatable bonds is 7. The first kappa shape index (κ1) is 17.5. The van der Waals surface area contributed by atoms with E-state index in [1.807, 2.05) is 24.3 Å². The van der Waals surface area contributed by atoms with E-state index in [0.717, 1.165) is 24.3 Å². The molecule has 1 heterocycles. The van der Waals surface area contributed by atoms with E-state index in [4.69, 9.17) is 4.42 Å². The monoisotopic (exact) mass is 338 g/mol. The van der Waals surface area contributed by atoms with E-state index in [1.54, 1.807) is 6.20 Å². The molecule has 0 fully saturated rings. The third kappa shape index (κ3) is 5.31. The van der Waals surface area contributed by atoms with Crippen LogP contribution >= 0.6 is 0 Å². The highest BCUT2D eigenvalue weighted by Gasteiger charge is 2.09. The molecule has 1 aliphatic carbocycles. The molecule has 0 atom stereocenters. The van der Waals surface area contributed by atoms with Crippen LogP contribution in [-0.2, 0) is 11.2 Å². The number of carbonyl (C=O) groups excluding carboxylic acids is 1. The summed E-state index contributed by atoms with van der Waals surface area (Å²) in [4.78, 5) is 16.3. The van der Waals surface area contributed by atoms with E-state index >= 15 is 0 Å². The zero-order chi connectivity index (χ0) is 17.5. The van der Waals surface area contributed by atoms with Crippen molar-refractivity contribution in [2.75, 3.05) is 6.54 Å². The van der Waals surface area contributed by atoms with Crippen LogP contribution in [-0.4, -0.2) is 17.4 Å². The van der Waals surface area contributed by atoms with Crippen molar-refractivity contribution in [1.82, 2.24) is 10.3 Å². The van der Waals surface area contributed by atoms with Crippen molar-refractivity contribution in [2.24, 2.45) is 0 Å². The third-order valence-corrected chi connectivity index (χ3v) is 4.61. The molecule has 1 aromatic carbocycles. The lowest BCUT2D eigenvalue weighted by Crippen LogP contribution is -2.25. The minimum absolute atomic E-state index is 0.0616. The highest BCUT2D eigenvalue weighted by atomic mass is 16.4. The molecule has 2 aromatic rings. The van der Waals surface area contributed by atoms with Gasteiger partial charge in [0, 0.05) is 24.9 Å². The average Bonchev–Trinajstić information content (AvgIpc) is 3.10. The first-order valence-corrected chi connectivity index (χ1v) is 9.17. The Bertz CT molecular complexity index is 729. The van der Waals surface area contributed by atoms with Crippen LogP contribution in [0.2, 0.25) is 0 Å². The first-order chi connectivity index (χ1) is 12.2. The molecule has 1 aromatic heterocycles. The van der Waals surface area contributed by atoms with Crippen molar-refractivity contribution in [3.8, 4) is 11.3 Å². The SMILES string of the molecule is Cc1ccc(-c2cnc(CCC(=O)NCCC3=CCCCC3)o2)cc1. The van der Waals surface area contributed by atoms with E-state index in [9.17, 15) is 4.79 Å². The highest BCUT2D eigenvalue weighted by molar-refractivity contribution is 5.76. The predicted octanol–water partition coefficient (Wildman–Crippen LogP) is 4.59. The molecule has 0 saturated heterocycles. The molecule has 4 nitrogen and oxygen atoms in total. The number of hydrogen-bond donors (Lipinski definition) is 1. The number of nitrogens with zero attached hydrogens (tertiary/aromatic N) is 1. The Hall–Kier alpha value is -2.36. The van der Waals surface area contributed by atoms with Gasteiger partial charge in [-0.2, -0.15) is 0 Å². The fourth-order valence-corrected chi connectivity index (χ4v) is 3.08. The zero-order valence-electron chi connectivity index (χ0n) is 14.9. The van der Waals surface area contributed by atoms with Crippen molar-refractivity contribution in [3.05, 3.63) is 53.6 Å². The molecular weight excluding hydrogens is 312 g/mol. The van der Waals surface area contributed by atoms with Gasteiger partial charge in [-0.05, 0) is 39.0 Å². The molecule has 132 valence electrons. The number of carbonyl (C=O) groups is 1. The zero-order valence-corrected chi connectivity index (χ0v) is 14.9. The van der Waals surface area contributed by atoms with Gasteiger partial charge in [-0.15, -0.1) is 0 Å². The summed E-state index contributed by atoms with van der Waals surface area (Å²) in [6, 6.07) is 8.14. The van der Waals surface area contributed by atoms with Gasteiger partial charge in [-0.3, -0.25) is 4.79 Å². The smallest absolute Gasteiger partial charge is 0.220 e. The Morgan fingerprint density at radius 2 is 2.04 bits per heavy atom. The Kier molecular flexibility index (Phi) is 6.04. The molecule has 0 bridgehead atoms. The summed E-state index contributed by atoms with van der Waals surface area (Å²) in [6.07, 6.45) is 10.9. The molecule has 0 unspecified atom stereocenters. The molecule has 0 aliphatic heterocycles. The molecular formula is C21H26N2O2. The maximum atomic E-state index is 12.0. The standard InChI is InChI=1S/C21H26N2O2/c1-16-7-9-18(10-8-16)19-15-23-21(25-19)12-11-20(24)22-14-13-17-5-3-2-4-6-17/h5,7-10,15H,2-4,6,11-14H2,1H3,(H,22,24). The van der Waals surface area contributed by atoms with Gasteiger partial charge >= 0.3 is 0 Å². The van der Waals surface area contributed by atoms with E-state index in [1.165, 1.54) is 36.8 Å². The Balaban J connectivity index is 1.41. The van der Waals surface area contributed by atoms with Gasteiger partial charge in [-0.1, -0.05) is 41.5 Å². The van der Waals surface area contributed by atoms with Gasteiger partial charge in [-0.25, -0.2) is 4.98 Å². The summed E-state index contributed by atoms with van der Waals surface area (Å²) in [5, 5.41) is 3.00. The number of aromatic nitrogens is 1. The van der Waals surface area contributed by atoms with E-state index in [2.05, 4.69) is 23.3 Å². The molecule has 1 aliphatic rings. The largest absolute Gasteiger partial charge is 0.441 e. The second-order valence-corrected chi connectivity index (χ2v) is 6.69. The molecule has 25 heavy (non-hydrogen) atoms. The third-order valence-electron chi connectivity index (χ3n) is 4.61. The van der Waals surface area contributed by atoms with Crippen LogP contribution in [0, 0.1) is 6.92 Å². The van der Waals surface area contributed by atoms with Crippen molar-refractivity contribution in [2.45, 2.75) is 51.9 Å². The van der Waals surface area contributed by atoms with Crippen molar-refractivity contribution >= 4 is 5.91 Å². The normalized spacial score (nSPS) is 14.2. The Labute approximate surface area is 149 Å². The topological polar surface area (TPSA) is 55.1 Å². The van der Waals surface area contributed by atoms with Gasteiger partial charge < -0.3 is 9.73 Å². The number of hydrogen-bond acceptors (Lipinski definition) is 3. The van der Waals surface area contributed by atoms with Crippen LogP contribution in [0.25, 0.3) is 11.3 Å². The highest BCUT2D eigenvalue weighted by Crippen LogP contribution is 2.21. The van der Waals surface area contributed by atoms with Gasteiger partial charge in [0.1, 0.15) is 0 Å². The Morgan fingerprint density at radius 1 is 1.20 bits per heavy atom. The summed E-state index contributed by atoms with van der Waals surface area (Å²) in [7, 11) is 0. The van der Waals surface area contributed by atoms with Crippen LogP contribution in [0.5, 0.6) is 0 Å². The summed E-state index contributed by atoms with van der Waals surface area (Å²) < 4.78 is 5.76. The van der Waals surface area contributed by atoms with Crippen LogP contribution in [0.3, 0.4) is 0 Å². The minimum atomic E-state index is 0.0616. The minimum Gasteiger partial charge on any atom is -0.441 e. The molecule has 1 amide bonds. The van der Waals surface area contributed by atoms with E-state index in [0.29, 0.717) is 18.7 Å². The van der Waals surface area contributed by atoms with E-state index < -0.39 is 0 Å². The molecule has 4 heteroatoms. The summed E-state index contributed by atoms with van der Waals surface area (Å²) in [6.45, 7) is 2.78. The summed E-state index contributed by atoms with van der Waals surface area (Å²) in [5.74, 6) is 1.42. The fourth-order valence-electron chi connectivity index (χ4n) is 3.08. The molecule has 0 radical (unpaired) electrons. The lowest BCUT2D eigenvalue weighted by atomic mass is 9.97. The van der Waals surface area contributed by atoms with E-state index in [-0.39, 0.29) is 5.91 Å². The van der Waals surface area contributed by atoms with Crippen molar-refractivity contribution in [3.63, 3.8) is 0 Å². The van der Waals surface area contributed by atoms with Crippen LogP contribution in [0.15, 0.2) is 46.5 Å². The second kappa shape index (κ2) is 8.65. The van der Waals surface area contributed by atoms with Gasteiger partial charge in [0.25, 0.3) is 0 Å². The first-order valence-electron chi connectivity index (χ1n) is 9.17. The number of benzene rings is 1. The quantitative estimate of drug-likeness (QED) is 0.751. The lowest BCUT2D eigenvalue weighted by molar-refractivity contribution is -0.121. The van der Waals surface area contributed by atoms with Crippen molar-refractivity contribution < 1.29 is 9.21 Å². The van der Waals surface area contributed by atoms with Crippen LogP contribution < -0.4 is 5.32 Å². The van der Waals surface area contributed by atoms with Crippen LogP contribution in [0.4, 0.5) is 0 Å². The number of oxazole rings is 1. The fraction of sp³-hybridized carbons (Fsp3) is 0.429. The molecule has 3 rings (SSSR count). The van der Waals surface area contributed by atoms with Gasteiger partial charge in [0.15, 0.2) is 11.7 Å². The van der Waals surface area contributed by atoms with Crippen LogP contribution in [0.1, 0.15) is 50.0 Å².